The Morgan fingerprint density at radius 2 is 1.71 bits per heavy atom. The quantitative estimate of drug-likeness (QED) is 0.793. The zero-order chi connectivity index (χ0) is 13.1. The van der Waals surface area contributed by atoms with Crippen molar-refractivity contribution in [2.24, 2.45) is 0 Å². The largest absolute Gasteiger partial charge is 0.319 e. The van der Waals surface area contributed by atoms with E-state index in [1.54, 1.807) is 0 Å². The van der Waals surface area contributed by atoms with Gasteiger partial charge in [0.15, 0.2) is 0 Å². The fourth-order valence-corrected chi connectivity index (χ4v) is 1.24. The van der Waals surface area contributed by atoms with Gasteiger partial charge >= 0.3 is 12.3 Å². The highest BCUT2D eigenvalue weighted by atomic mass is 19.3. The molecule has 17 heavy (non-hydrogen) atoms. The van der Waals surface area contributed by atoms with E-state index in [2.05, 4.69) is 5.32 Å². The van der Waals surface area contributed by atoms with Crippen molar-refractivity contribution >= 4 is 0 Å². The molecule has 1 aromatic rings. The molecule has 0 fully saturated rings. The fraction of sp³-hybridized carbons (Fsp3) is 0.455. The monoisotopic (exact) mass is 253 g/mol. The maximum atomic E-state index is 12.6. The van der Waals surface area contributed by atoms with E-state index in [1.807, 2.05) is 0 Å². The van der Waals surface area contributed by atoms with Crippen LogP contribution in [0.5, 0.6) is 0 Å². The van der Waals surface area contributed by atoms with Crippen LogP contribution in [0.3, 0.4) is 0 Å². The summed E-state index contributed by atoms with van der Waals surface area (Å²) in [4.78, 5) is 0. The Hall–Kier alpha value is -1.17. The van der Waals surface area contributed by atoms with Crippen LogP contribution in [0.2, 0.25) is 0 Å². The lowest BCUT2D eigenvalue weighted by Gasteiger charge is -2.20. The van der Waals surface area contributed by atoms with E-state index in [0.29, 0.717) is 5.56 Å². The number of benzene rings is 1. The average Bonchev–Trinajstić information content (AvgIpc) is 2.27. The smallest absolute Gasteiger partial charge is 0.304 e. The molecule has 96 valence electrons. The Morgan fingerprint density at radius 3 is 2.18 bits per heavy atom. The number of nitrogens with one attached hydrogen (secondary N) is 1. The molecular weight excluding hydrogens is 241 g/mol. The molecule has 0 bridgehead atoms. The minimum atomic E-state index is -4.06. The topological polar surface area (TPSA) is 12.0 Å². The lowest BCUT2D eigenvalue weighted by Crippen LogP contribution is -2.39. The molecule has 0 radical (unpaired) electrons. The van der Waals surface area contributed by atoms with Crippen LogP contribution in [0.15, 0.2) is 24.3 Å². The van der Waals surface area contributed by atoms with Crippen molar-refractivity contribution in [3.8, 4) is 0 Å². The van der Waals surface area contributed by atoms with Gasteiger partial charge in [-0.2, -0.15) is 8.78 Å². The summed E-state index contributed by atoms with van der Waals surface area (Å²) in [6.45, 7) is 0.415. The molecule has 0 saturated heterocycles. The third-order valence-corrected chi connectivity index (χ3v) is 2.33. The molecule has 0 aliphatic heterocycles. The molecule has 0 saturated carbocycles. The Balaban J connectivity index is 2.55. The van der Waals surface area contributed by atoms with Crippen LogP contribution in [0.4, 0.5) is 22.0 Å². The summed E-state index contributed by atoms with van der Waals surface area (Å²) in [6, 6.07) is 4.62. The van der Waals surface area contributed by atoms with Gasteiger partial charge in [0, 0.05) is 6.04 Å². The van der Waals surface area contributed by atoms with E-state index in [9.17, 15) is 22.0 Å². The Bertz CT molecular complexity index is 349. The molecule has 0 aromatic heterocycles. The van der Waals surface area contributed by atoms with Gasteiger partial charge in [0.1, 0.15) is 5.82 Å². The second-order valence-electron chi connectivity index (χ2n) is 3.72. The van der Waals surface area contributed by atoms with Crippen molar-refractivity contribution in [2.75, 3.05) is 6.54 Å². The van der Waals surface area contributed by atoms with Gasteiger partial charge in [-0.3, -0.25) is 0 Å². The minimum Gasteiger partial charge on any atom is -0.304 e. The van der Waals surface area contributed by atoms with Crippen molar-refractivity contribution in [3.63, 3.8) is 0 Å². The molecule has 0 amide bonds. The first-order valence-corrected chi connectivity index (χ1v) is 4.98. The molecule has 6 heteroatoms. The molecular formula is C11H12F5N. The lowest BCUT2D eigenvalue weighted by atomic mass is 10.1. The van der Waals surface area contributed by atoms with Crippen LogP contribution in [-0.4, -0.2) is 18.9 Å². The van der Waals surface area contributed by atoms with E-state index in [4.69, 9.17) is 0 Å². The molecule has 1 nitrogen and oxygen atoms in total. The van der Waals surface area contributed by atoms with E-state index >= 15 is 0 Å². The summed E-state index contributed by atoms with van der Waals surface area (Å²) >= 11 is 0. The molecule has 0 aliphatic rings. The molecule has 0 heterocycles. The summed E-state index contributed by atoms with van der Waals surface area (Å²) in [5.74, 6) is -4.51. The van der Waals surface area contributed by atoms with E-state index in [-0.39, 0.29) is 0 Å². The van der Waals surface area contributed by atoms with Crippen LogP contribution in [-0.2, 0) is 0 Å². The second kappa shape index (κ2) is 5.44. The molecule has 1 unspecified atom stereocenters. The number of hydrogen-bond acceptors (Lipinski definition) is 1. The van der Waals surface area contributed by atoms with Gasteiger partial charge in [0.2, 0.25) is 0 Å². The number of hydrogen-bond donors (Lipinski definition) is 1. The average molecular weight is 253 g/mol. The lowest BCUT2D eigenvalue weighted by molar-refractivity contribution is -0.126. The SMILES string of the molecule is CC(NCC(F)(F)C(F)F)c1ccc(F)cc1. The number of rotatable bonds is 5. The summed E-state index contributed by atoms with van der Waals surface area (Å²) in [7, 11) is 0. The van der Waals surface area contributed by atoms with Gasteiger partial charge in [0.25, 0.3) is 0 Å². The van der Waals surface area contributed by atoms with Crippen LogP contribution < -0.4 is 5.32 Å². The molecule has 1 rings (SSSR count). The van der Waals surface area contributed by atoms with Gasteiger partial charge in [-0.15, -0.1) is 0 Å². The van der Waals surface area contributed by atoms with Gasteiger partial charge in [-0.1, -0.05) is 12.1 Å². The van der Waals surface area contributed by atoms with E-state index in [1.165, 1.54) is 31.2 Å². The molecule has 0 spiro atoms. The Labute approximate surface area is 95.6 Å². The molecule has 1 atom stereocenters. The third-order valence-electron chi connectivity index (χ3n) is 2.33. The number of halogens is 5. The number of alkyl halides is 4. The van der Waals surface area contributed by atoms with Gasteiger partial charge in [-0.05, 0) is 24.6 Å². The summed E-state index contributed by atoms with van der Waals surface area (Å²) in [5, 5.41) is 2.29. The van der Waals surface area contributed by atoms with Gasteiger partial charge < -0.3 is 5.32 Å². The summed E-state index contributed by atoms with van der Waals surface area (Å²) in [5.41, 5.74) is 0.552. The van der Waals surface area contributed by atoms with Crippen molar-refractivity contribution in [1.29, 1.82) is 0 Å². The highest BCUT2D eigenvalue weighted by Gasteiger charge is 2.40. The Morgan fingerprint density at radius 1 is 1.18 bits per heavy atom. The van der Waals surface area contributed by atoms with Crippen molar-refractivity contribution in [3.05, 3.63) is 35.6 Å². The van der Waals surface area contributed by atoms with Crippen LogP contribution >= 0.6 is 0 Å². The minimum absolute atomic E-state index is 0.445. The summed E-state index contributed by atoms with van der Waals surface area (Å²) < 4.78 is 61.6. The first kappa shape index (κ1) is 13.9. The van der Waals surface area contributed by atoms with Crippen molar-refractivity contribution < 1.29 is 22.0 Å². The highest BCUT2D eigenvalue weighted by Crippen LogP contribution is 2.23. The maximum absolute atomic E-state index is 12.6. The second-order valence-corrected chi connectivity index (χ2v) is 3.72. The standard InChI is InChI=1S/C11H12F5N/c1-7(8-2-4-9(12)5-3-8)17-6-11(15,16)10(13)14/h2-5,7,10,17H,6H2,1H3. The maximum Gasteiger partial charge on any atom is 0.319 e. The normalized spacial score (nSPS) is 14.1. The van der Waals surface area contributed by atoms with Crippen LogP contribution in [0.1, 0.15) is 18.5 Å². The van der Waals surface area contributed by atoms with Crippen LogP contribution in [0, 0.1) is 5.82 Å². The first-order chi connectivity index (χ1) is 7.83. The van der Waals surface area contributed by atoms with Gasteiger partial charge in [-0.25, -0.2) is 13.2 Å². The Kier molecular flexibility index (Phi) is 4.45. The molecule has 1 aromatic carbocycles. The zero-order valence-corrected chi connectivity index (χ0v) is 9.06. The van der Waals surface area contributed by atoms with Gasteiger partial charge in [0.05, 0.1) is 6.54 Å². The predicted octanol–water partition coefficient (Wildman–Crippen LogP) is 3.38. The first-order valence-electron chi connectivity index (χ1n) is 4.98. The van der Waals surface area contributed by atoms with Crippen molar-refractivity contribution in [1.82, 2.24) is 5.32 Å². The fourth-order valence-electron chi connectivity index (χ4n) is 1.24. The van der Waals surface area contributed by atoms with E-state index in [0.717, 1.165) is 0 Å². The predicted molar refractivity (Wildman–Crippen MR) is 53.8 cm³/mol. The highest BCUT2D eigenvalue weighted by molar-refractivity contribution is 5.19. The summed E-state index contributed by atoms with van der Waals surface area (Å²) in [6.07, 6.45) is -3.70. The molecule has 1 N–H and O–H groups in total. The van der Waals surface area contributed by atoms with E-state index < -0.39 is 30.8 Å². The third kappa shape index (κ3) is 3.96. The zero-order valence-electron chi connectivity index (χ0n) is 9.06. The van der Waals surface area contributed by atoms with Crippen LogP contribution in [0.25, 0.3) is 0 Å². The van der Waals surface area contributed by atoms with Crippen molar-refractivity contribution in [2.45, 2.75) is 25.3 Å². The molecule has 0 aliphatic carbocycles.